The number of aromatic amines is 1. The summed E-state index contributed by atoms with van der Waals surface area (Å²) in [6.07, 6.45) is -10.4. The van der Waals surface area contributed by atoms with Gasteiger partial charge in [0.05, 0.1) is 36.0 Å². The number of aryl methyl sites for hydroxylation is 1. The van der Waals surface area contributed by atoms with Crippen molar-refractivity contribution in [2.24, 2.45) is 5.92 Å². The number of hydrogen-bond donors (Lipinski definition) is 3. The first kappa shape index (κ1) is 32.2. The number of halogens is 8. The van der Waals surface area contributed by atoms with Crippen LogP contribution >= 0.6 is 0 Å². The van der Waals surface area contributed by atoms with E-state index in [1.807, 2.05) is 0 Å². The van der Waals surface area contributed by atoms with Gasteiger partial charge in [-0.15, -0.1) is 0 Å². The van der Waals surface area contributed by atoms with E-state index in [0.717, 1.165) is 4.57 Å². The van der Waals surface area contributed by atoms with Gasteiger partial charge >= 0.3 is 12.4 Å². The number of nitrogens with zero attached hydrogens (tertiary/aromatic N) is 3. The highest BCUT2D eigenvalue weighted by molar-refractivity contribution is 5.91. The van der Waals surface area contributed by atoms with Crippen molar-refractivity contribution >= 4 is 22.8 Å². The highest BCUT2D eigenvalue weighted by Gasteiger charge is 2.40. The third-order valence-corrected chi connectivity index (χ3v) is 7.41. The van der Waals surface area contributed by atoms with Crippen molar-refractivity contribution in [3.8, 4) is 0 Å². The molecule has 8 nitrogen and oxygen atoms in total. The van der Waals surface area contributed by atoms with Crippen LogP contribution in [0, 0.1) is 5.92 Å². The summed E-state index contributed by atoms with van der Waals surface area (Å²) in [5.74, 6) is -4.96. The largest absolute Gasteiger partial charge is 0.390 e. The van der Waals surface area contributed by atoms with E-state index in [0.29, 0.717) is 16.6 Å². The fraction of sp³-hybridized carbons (Fsp3) is 0.556. The topological polar surface area (TPSA) is 105 Å². The van der Waals surface area contributed by atoms with Gasteiger partial charge in [0.1, 0.15) is 5.82 Å². The fourth-order valence-electron chi connectivity index (χ4n) is 5.07. The van der Waals surface area contributed by atoms with Crippen LogP contribution in [-0.4, -0.2) is 49.6 Å². The second-order valence-corrected chi connectivity index (χ2v) is 10.8. The molecule has 16 heteroatoms. The zero-order chi connectivity index (χ0) is 31.6. The number of alkyl halides is 8. The number of benzene rings is 1. The van der Waals surface area contributed by atoms with Crippen LogP contribution in [0.15, 0.2) is 30.6 Å². The molecule has 236 valence electrons. The van der Waals surface area contributed by atoms with Gasteiger partial charge in [-0.25, -0.2) is 18.7 Å². The smallest absolute Gasteiger partial charge is 0.350 e. The summed E-state index contributed by atoms with van der Waals surface area (Å²) in [7, 11) is 0. The van der Waals surface area contributed by atoms with E-state index >= 15 is 0 Å². The Balaban J connectivity index is 1.55. The van der Waals surface area contributed by atoms with Crippen LogP contribution in [0.1, 0.15) is 86.0 Å². The molecule has 4 rings (SSSR count). The van der Waals surface area contributed by atoms with Crippen LogP contribution in [0.4, 0.5) is 35.1 Å². The predicted molar refractivity (Wildman–Crippen MR) is 138 cm³/mol. The molecule has 2 amide bonds. The SMILES string of the molecule is C[C@@H](NC(=O)CCC(F)(F)F)c1ccc2[nH]c([C@@H](NC(=O)c3nccn3CCC(F)(F)F)C3CCC(F)(F)CC3)nc2c1. The number of aromatic nitrogens is 4. The third kappa shape index (κ3) is 8.89. The first-order valence-electron chi connectivity index (χ1n) is 13.6. The standard InChI is InChI=1S/C27H30F8N6O2/c1-15(37-20(42)6-9-26(30,31)32)17-2-3-18-19(14-17)39-22(38-18)21(16-4-7-25(28,29)8-5-16)40-24(43)23-36-11-13-41(23)12-10-27(33,34)35/h2-3,11,13-16,21H,4-10,12H2,1H3,(H,37,42)(H,38,39)(H,40,43)/t15-,21+/m1/s1. The second kappa shape index (κ2) is 12.5. The first-order valence-corrected chi connectivity index (χ1v) is 13.6. The number of carbonyl (C=O) groups excluding carboxylic acids is 2. The molecule has 1 saturated carbocycles. The van der Waals surface area contributed by atoms with Crippen LogP contribution in [0.2, 0.25) is 0 Å². The van der Waals surface area contributed by atoms with Crippen molar-refractivity contribution in [2.45, 2.75) is 88.8 Å². The monoisotopic (exact) mass is 622 g/mol. The predicted octanol–water partition coefficient (Wildman–Crippen LogP) is 6.53. The molecule has 1 fully saturated rings. The lowest BCUT2D eigenvalue weighted by Gasteiger charge is -2.33. The number of rotatable bonds is 10. The third-order valence-electron chi connectivity index (χ3n) is 7.41. The Hall–Kier alpha value is -3.72. The fourth-order valence-corrected chi connectivity index (χ4v) is 5.07. The maximum Gasteiger partial charge on any atom is 0.390 e. The van der Waals surface area contributed by atoms with Gasteiger partial charge in [-0.05, 0) is 43.4 Å². The number of nitrogens with one attached hydrogen (secondary N) is 3. The Labute approximate surface area is 240 Å². The van der Waals surface area contributed by atoms with E-state index in [2.05, 4.69) is 25.6 Å². The Bertz CT molecular complexity index is 1420. The van der Waals surface area contributed by atoms with Crippen molar-refractivity contribution in [1.29, 1.82) is 0 Å². The number of H-pyrrole nitrogens is 1. The van der Waals surface area contributed by atoms with Crippen LogP contribution in [0.25, 0.3) is 11.0 Å². The molecule has 2 heterocycles. The van der Waals surface area contributed by atoms with Crippen LogP contribution in [0.5, 0.6) is 0 Å². The molecule has 3 aromatic rings. The quantitative estimate of drug-likeness (QED) is 0.224. The number of hydrogen-bond acceptors (Lipinski definition) is 4. The van der Waals surface area contributed by atoms with Gasteiger partial charge in [-0.3, -0.25) is 9.59 Å². The van der Waals surface area contributed by atoms with Crippen molar-refractivity contribution in [2.75, 3.05) is 0 Å². The van der Waals surface area contributed by atoms with Gasteiger partial charge in [0.2, 0.25) is 11.8 Å². The Morgan fingerprint density at radius 3 is 2.40 bits per heavy atom. The van der Waals surface area contributed by atoms with Crippen molar-refractivity contribution in [1.82, 2.24) is 30.2 Å². The number of fused-ring (bicyclic) bond motifs is 1. The normalized spacial score (nSPS) is 17.5. The van der Waals surface area contributed by atoms with E-state index in [1.165, 1.54) is 12.4 Å². The highest BCUT2D eigenvalue weighted by atomic mass is 19.4. The average molecular weight is 623 g/mol. The molecule has 0 radical (unpaired) electrons. The Morgan fingerprint density at radius 1 is 1.07 bits per heavy atom. The molecule has 3 N–H and O–H groups in total. The summed E-state index contributed by atoms with van der Waals surface area (Å²) in [6.45, 7) is 1.05. The number of imidazole rings is 2. The van der Waals surface area contributed by atoms with E-state index in [9.17, 15) is 44.7 Å². The number of amides is 2. The lowest BCUT2D eigenvalue weighted by Crippen LogP contribution is -2.38. The summed E-state index contributed by atoms with van der Waals surface area (Å²) < 4.78 is 105. The molecule has 2 aromatic heterocycles. The van der Waals surface area contributed by atoms with Crippen LogP contribution < -0.4 is 10.6 Å². The molecule has 0 bridgehead atoms. The zero-order valence-electron chi connectivity index (χ0n) is 23.0. The molecule has 0 unspecified atom stereocenters. The van der Waals surface area contributed by atoms with Gasteiger partial charge in [0, 0.05) is 38.2 Å². The Kier molecular flexibility index (Phi) is 9.35. The zero-order valence-corrected chi connectivity index (χ0v) is 23.0. The maximum atomic E-state index is 13.9. The molecule has 1 aromatic carbocycles. The molecule has 0 spiro atoms. The van der Waals surface area contributed by atoms with Crippen molar-refractivity contribution in [3.63, 3.8) is 0 Å². The van der Waals surface area contributed by atoms with E-state index in [-0.39, 0.29) is 24.5 Å². The molecule has 0 saturated heterocycles. The first-order chi connectivity index (χ1) is 20.0. The summed E-state index contributed by atoms with van der Waals surface area (Å²) in [5.41, 5.74) is 1.42. The molecular weight excluding hydrogens is 592 g/mol. The number of carbonyl (C=O) groups is 2. The Morgan fingerprint density at radius 2 is 1.74 bits per heavy atom. The van der Waals surface area contributed by atoms with Crippen molar-refractivity contribution < 1.29 is 44.7 Å². The minimum Gasteiger partial charge on any atom is -0.350 e. The van der Waals surface area contributed by atoms with Gasteiger partial charge in [-0.1, -0.05) is 6.07 Å². The maximum absolute atomic E-state index is 13.9. The highest BCUT2D eigenvalue weighted by Crippen LogP contribution is 2.41. The summed E-state index contributed by atoms with van der Waals surface area (Å²) in [5, 5.41) is 5.23. The summed E-state index contributed by atoms with van der Waals surface area (Å²) in [4.78, 5) is 36.7. The van der Waals surface area contributed by atoms with Gasteiger partial charge < -0.3 is 20.2 Å². The molecule has 2 atom stereocenters. The lowest BCUT2D eigenvalue weighted by molar-refractivity contribution is -0.144. The van der Waals surface area contributed by atoms with Gasteiger partial charge in [0.15, 0.2) is 5.82 Å². The summed E-state index contributed by atoms with van der Waals surface area (Å²) >= 11 is 0. The second-order valence-electron chi connectivity index (χ2n) is 10.8. The summed E-state index contributed by atoms with van der Waals surface area (Å²) in [6, 6.07) is 3.29. The van der Waals surface area contributed by atoms with E-state index < -0.39 is 86.7 Å². The van der Waals surface area contributed by atoms with Gasteiger partial charge in [-0.2, -0.15) is 26.3 Å². The minimum atomic E-state index is -4.46. The molecule has 1 aliphatic carbocycles. The molecule has 43 heavy (non-hydrogen) atoms. The molecule has 1 aliphatic rings. The molecule has 0 aliphatic heterocycles. The van der Waals surface area contributed by atoms with Gasteiger partial charge in [0.25, 0.3) is 5.91 Å². The van der Waals surface area contributed by atoms with E-state index in [4.69, 9.17) is 0 Å². The van der Waals surface area contributed by atoms with E-state index in [1.54, 1.807) is 25.1 Å². The van der Waals surface area contributed by atoms with Crippen LogP contribution in [-0.2, 0) is 11.3 Å². The average Bonchev–Trinajstić information content (AvgIpc) is 3.55. The minimum absolute atomic E-state index is 0.0454. The molecular formula is C27H30F8N6O2. The lowest BCUT2D eigenvalue weighted by atomic mass is 9.81. The van der Waals surface area contributed by atoms with Crippen molar-refractivity contribution in [3.05, 3.63) is 47.8 Å². The van der Waals surface area contributed by atoms with Crippen LogP contribution in [0.3, 0.4) is 0 Å².